The maximum atomic E-state index is 15.7. The van der Waals surface area contributed by atoms with Crippen LogP contribution in [-0.4, -0.2) is 262 Å². The highest BCUT2D eigenvalue weighted by atomic mass is 33.1. The number of H-pyrrole nitrogens is 3. The van der Waals surface area contributed by atoms with Gasteiger partial charge in [0.05, 0.1) is 25.4 Å². The summed E-state index contributed by atoms with van der Waals surface area (Å²) in [6.45, 7) is 8.96. The zero-order valence-corrected chi connectivity index (χ0v) is 76.4. The molecule has 134 heavy (non-hydrogen) atoms. The third kappa shape index (κ3) is 33.1. The Hall–Kier alpha value is -13.9. The average molecular weight is 1900 g/mol. The van der Waals surface area contributed by atoms with E-state index in [0.29, 0.717) is 61.2 Å². The number of aliphatic hydroxyl groups is 1. The first-order chi connectivity index (χ1) is 63.7. The van der Waals surface area contributed by atoms with E-state index < -0.39 is 253 Å². The largest absolute Gasteiger partial charge is 0.508 e. The van der Waals surface area contributed by atoms with Crippen molar-refractivity contribution in [1.82, 2.24) is 99.7 Å². The molecule has 4 heterocycles. The topological polar surface area (TPSA) is 681 Å². The number of carboxylic acids is 2. The summed E-state index contributed by atoms with van der Waals surface area (Å²) < 4.78 is 0. The molecule has 722 valence electrons. The minimum Gasteiger partial charge on any atom is -0.508 e. The molecule has 45 heteroatoms. The lowest BCUT2D eigenvalue weighted by Crippen LogP contribution is -2.63. The number of hydrogen-bond acceptors (Lipinski definition) is 24. The quantitative estimate of drug-likeness (QED) is 0.0156. The Balaban J connectivity index is 1.21. The number of aliphatic carboxylic acids is 2. The van der Waals surface area contributed by atoms with Gasteiger partial charge in [-0.15, -0.1) is 0 Å². The highest BCUT2D eigenvalue weighted by Crippen LogP contribution is 2.26. The summed E-state index contributed by atoms with van der Waals surface area (Å²) in [4.78, 5) is 271. The fourth-order valence-corrected chi connectivity index (χ4v) is 16.8. The fourth-order valence-electron chi connectivity index (χ4n) is 14.5. The van der Waals surface area contributed by atoms with Crippen molar-refractivity contribution in [1.29, 1.82) is 0 Å². The second-order valence-corrected chi connectivity index (χ2v) is 35.8. The van der Waals surface area contributed by atoms with Gasteiger partial charge in [-0.05, 0) is 111 Å². The maximum absolute atomic E-state index is 15.7. The number of primary amides is 1. The van der Waals surface area contributed by atoms with E-state index in [4.69, 9.17) is 11.5 Å². The second kappa shape index (κ2) is 51.8. The summed E-state index contributed by atoms with van der Waals surface area (Å²) in [6.07, 6.45) is 0.377. The van der Waals surface area contributed by atoms with Crippen LogP contribution >= 0.6 is 21.6 Å². The molecule has 8 rings (SSSR count). The first-order valence-electron chi connectivity index (χ1n) is 43.5. The van der Waals surface area contributed by atoms with Crippen LogP contribution in [0.25, 0.3) is 21.8 Å². The number of rotatable bonds is 33. The predicted molar refractivity (Wildman–Crippen MR) is 492 cm³/mol. The van der Waals surface area contributed by atoms with Crippen LogP contribution in [0.5, 0.6) is 5.75 Å². The first-order valence-corrected chi connectivity index (χ1v) is 46.0. The van der Waals surface area contributed by atoms with Crippen LogP contribution in [-0.2, 0) is 118 Å². The number of nitrogens with two attached hydrogens (primary N) is 2. The van der Waals surface area contributed by atoms with Gasteiger partial charge in [0, 0.05) is 103 Å². The van der Waals surface area contributed by atoms with Gasteiger partial charge in [-0.25, -0.2) is 4.98 Å². The Kier molecular flexibility index (Phi) is 40.7. The van der Waals surface area contributed by atoms with Crippen LogP contribution in [0.2, 0.25) is 0 Å². The summed E-state index contributed by atoms with van der Waals surface area (Å²) in [5.74, 6) is -22.7. The average Bonchev–Trinajstić information content (AvgIpc) is 1.69. The third-order valence-electron chi connectivity index (χ3n) is 21.6. The molecule has 43 nitrogen and oxygen atoms in total. The van der Waals surface area contributed by atoms with Crippen LogP contribution in [0.15, 0.2) is 128 Å². The van der Waals surface area contributed by atoms with Crippen molar-refractivity contribution in [2.24, 2.45) is 23.3 Å². The molecule has 4 aromatic carbocycles. The summed E-state index contributed by atoms with van der Waals surface area (Å²) in [6, 6.07) is 3.94. The number of nitrogens with one attached hydrogen (secondary N) is 18. The van der Waals surface area contributed by atoms with Crippen molar-refractivity contribution in [3.63, 3.8) is 0 Å². The van der Waals surface area contributed by atoms with Gasteiger partial charge < -0.3 is 127 Å². The molecule has 1 aliphatic heterocycles. The lowest BCUT2D eigenvalue weighted by Gasteiger charge is -2.30. The zero-order valence-electron chi connectivity index (χ0n) is 74.8. The van der Waals surface area contributed by atoms with Gasteiger partial charge in [0.25, 0.3) is 0 Å². The Morgan fingerprint density at radius 2 is 1.09 bits per heavy atom. The van der Waals surface area contributed by atoms with Crippen molar-refractivity contribution in [3.05, 3.63) is 156 Å². The van der Waals surface area contributed by atoms with Crippen molar-refractivity contribution in [2.45, 2.75) is 216 Å². The number of para-hydroxylation sites is 2. The molecule has 0 saturated carbocycles. The number of aromatic nitrogens is 4. The summed E-state index contributed by atoms with van der Waals surface area (Å²) >= 11 is 0. The van der Waals surface area contributed by atoms with Crippen molar-refractivity contribution in [3.8, 4) is 5.75 Å². The van der Waals surface area contributed by atoms with Gasteiger partial charge in [0.2, 0.25) is 94.5 Å². The van der Waals surface area contributed by atoms with E-state index in [-0.39, 0.29) is 62.9 Å². The molecule has 0 radical (unpaired) electrons. The number of imidazole rings is 1. The molecule has 15 atom stereocenters. The third-order valence-corrected chi connectivity index (χ3v) is 24.0. The van der Waals surface area contributed by atoms with Crippen LogP contribution < -0.4 is 91.2 Å². The van der Waals surface area contributed by atoms with E-state index in [9.17, 15) is 92.3 Å². The molecule has 26 N–H and O–H groups in total. The number of aromatic hydroxyl groups is 1. The van der Waals surface area contributed by atoms with Crippen LogP contribution in [0.3, 0.4) is 0 Å². The van der Waals surface area contributed by atoms with Crippen molar-refractivity contribution >= 4 is 150 Å². The molecule has 1 fully saturated rings. The number of carbonyl (C=O) groups is 18. The first kappa shape index (κ1) is 105. The zero-order chi connectivity index (χ0) is 98.0. The molecule has 16 amide bonds. The fraction of sp³-hybridized carbons (Fsp3) is 0.449. The molecule has 3 aromatic heterocycles. The summed E-state index contributed by atoms with van der Waals surface area (Å²) in [5, 5.41) is 81.0. The lowest BCUT2D eigenvalue weighted by atomic mass is 9.98. The van der Waals surface area contributed by atoms with Gasteiger partial charge in [-0.2, -0.15) is 0 Å². The Bertz CT molecular complexity index is 5270. The van der Waals surface area contributed by atoms with Crippen LogP contribution in [0, 0.1) is 11.8 Å². The molecular weight excluding hydrogens is 1780 g/mol. The molecule has 7 aromatic rings. The lowest BCUT2D eigenvalue weighted by molar-refractivity contribution is -0.141. The van der Waals surface area contributed by atoms with Crippen LogP contribution in [0.1, 0.15) is 121 Å². The number of carboxylic acid groups (broad SMARTS) is 2. The maximum Gasteiger partial charge on any atom is 0.305 e. The Morgan fingerprint density at radius 1 is 0.522 bits per heavy atom. The van der Waals surface area contributed by atoms with E-state index in [0.717, 1.165) is 24.8 Å². The molecular formula is C89H117N21O22S2. The van der Waals surface area contributed by atoms with Gasteiger partial charge in [-0.1, -0.05) is 128 Å². The summed E-state index contributed by atoms with van der Waals surface area (Å²) in [5.41, 5.74) is 15.1. The minimum atomic E-state index is -2.02. The summed E-state index contributed by atoms with van der Waals surface area (Å²) in [7, 11) is 1.41. The molecule has 0 bridgehead atoms. The standard InChI is InChI=1S/C89H117N21O22S2/c1-45(2)31-63-85(128)109-74(46(3)4)88(131)106-66(35-53-39-94-59-22-14-12-20-57(53)59)82(125)108-70(87(130)110-75(48(6)111)89(132)105-65(32-50-17-9-8-10-18-50)80(123)101-62(76(91)119)34-52-38-93-58-21-13-11-19-56(52)58)43-134-133-42-69(107-84(127)68(37-73(117)118)98-49(7)112)86(129)97-47(5)77(120)102-64(33-51-24-26-55(113)27-25-51)81(124)104-67(36-54-40-92-44-96-54)83(126)100-60(23-15-16-30-90)78(121)95-41-71(114)99-61(79(122)103-63)28-29-72(115)116/h8-14,17-22,24-27,38-40,44-48,60-70,74-75,93-94,111,113H,15-16,23,28-37,41-43,90H2,1-7H3,(H2,91,119)(H,92,96)(H,95,121)(H,97,129)(H,98,112)(H,99,114)(H,100,126)(H,101,123)(H,102,120)(H,103,122)(H,104,124)(H,105,132)(H,106,131)(H,107,127)(H,108,125)(H,109,128)(H,110,130)(H,115,116)(H,117,118)/t47-,48+,60-,61-,62-,63-,64-,65-,66-,67-,68-,69-,70-,74-,75-/m0/s1. The van der Waals surface area contributed by atoms with E-state index in [1.54, 1.807) is 105 Å². The number of nitrogens with zero attached hydrogens (tertiary/aromatic N) is 1. The molecule has 0 unspecified atom stereocenters. The number of hydrogen-bond donors (Lipinski definition) is 24. The number of carbonyl (C=O) groups excluding carboxylic acids is 16. The highest BCUT2D eigenvalue weighted by Gasteiger charge is 2.40. The number of unbranched alkanes of at least 4 members (excludes halogenated alkanes) is 1. The van der Waals surface area contributed by atoms with Gasteiger partial charge in [-0.3, -0.25) is 86.3 Å². The number of phenolic OH excluding ortho intramolecular Hbond substituents is 1. The van der Waals surface area contributed by atoms with Gasteiger partial charge in [0.15, 0.2) is 0 Å². The van der Waals surface area contributed by atoms with Crippen molar-refractivity contribution in [2.75, 3.05) is 24.6 Å². The van der Waals surface area contributed by atoms with E-state index >= 15 is 14.4 Å². The number of aliphatic hydroxyl groups excluding tert-OH is 1. The second-order valence-electron chi connectivity index (χ2n) is 33.2. The Morgan fingerprint density at radius 3 is 1.70 bits per heavy atom. The molecule has 1 aliphatic rings. The monoisotopic (exact) mass is 1900 g/mol. The van der Waals surface area contributed by atoms with E-state index in [1.807, 2.05) is 0 Å². The SMILES string of the molecule is CC(=O)N[C@@H](CC(=O)O)C(=O)N[C@H]1CSSC[C@@H](C(=O)N[C@H](C(=O)N[C@@H](Cc2ccccc2)C(=O)N[C@@H](Cc2c[nH]c3ccccc23)C(N)=O)[C@@H](C)O)NC(=O)[C@H](Cc2c[nH]c3ccccc23)NC(=O)[C@H](C(C)C)NC(=O)[C@H](CC(C)C)NC(=O)[C@H](CCC(=O)O)NC(=O)CNC(=O)[C@H](CCCCN)NC(=O)[C@H](Cc2cnc[nH]2)NC(=O)[C@H](Cc2ccc(O)cc2)NC(=O)[C@H](C)NC1=O. The van der Waals surface area contributed by atoms with Crippen LogP contribution in [0.4, 0.5) is 0 Å². The minimum absolute atomic E-state index is 0.110. The molecule has 0 spiro atoms. The predicted octanol–water partition coefficient (Wildman–Crippen LogP) is -2.03. The number of benzene rings is 4. The number of phenols is 1. The van der Waals surface area contributed by atoms with E-state index in [1.165, 1.54) is 57.6 Å². The van der Waals surface area contributed by atoms with Crippen molar-refractivity contribution < 1.29 is 107 Å². The van der Waals surface area contributed by atoms with Gasteiger partial charge in [0.1, 0.15) is 90.3 Å². The Labute approximate surface area is 778 Å². The molecule has 1 saturated heterocycles. The van der Waals surface area contributed by atoms with Gasteiger partial charge >= 0.3 is 11.9 Å². The number of fused-ring (bicyclic) bond motifs is 2. The van der Waals surface area contributed by atoms with E-state index in [2.05, 4.69) is 99.7 Å². The smallest absolute Gasteiger partial charge is 0.305 e. The number of aromatic amines is 3. The highest BCUT2D eigenvalue weighted by molar-refractivity contribution is 8.76. The molecule has 0 aliphatic carbocycles. The number of amides is 16. The normalized spacial score (nSPS) is 21.2.